The average Bonchev–Trinajstić information content (AvgIpc) is 2.73. The minimum Gasteiger partial charge on any atom is -0.497 e. The SMILES string of the molecule is COc1ccc(CO[C@@H]2C=C[C@@H](O)C=C[C@@H](O[Si](C)(C)C(C)(C)C)[C@@H]2O[Si](C)(C)C(C)(C)C)cc1. The molecule has 0 saturated carbocycles. The van der Waals surface area contributed by atoms with Gasteiger partial charge in [0.25, 0.3) is 0 Å². The lowest BCUT2D eigenvalue weighted by Crippen LogP contribution is -2.55. The molecule has 4 atom stereocenters. The predicted octanol–water partition coefficient (Wildman–Crippen LogP) is 6.85. The van der Waals surface area contributed by atoms with Crippen molar-refractivity contribution in [2.45, 2.75) is 109 Å². The van der Waals surface area contributed by atoms with Crippen LogP contribution >= 0.6 is 0 Å². The fraction of sp³-hybridized carbons (Fsp3) is 0.643. The van der Waals surface area contributed by atoms with Crippen LogP contribution in [0.15, 0.2) is 48.6 Å². The average molecular weight is 521 g/mol. The number of hydrogen-bond acceptors (Lipinski definition) is 5. The number of hydrogen-bond donors (Lipinski definition) is 1. The lowest BCUT2D eigenvalue weighted by Gasteiger charge is -2.46. The third-order valence-electron chi connectivity index (χ3n) is 7.72. The first-order valence-corrected chi connectivity index (χ1v) is 18.4. The van der Waals surface area contributed by atoms with Gasteiger partial charge >= 0.3 is 0 Å². The second-order valence-corrected chi connectivity index (χ2v) is 22.1. The molecule has 5 nitrogen and oxygen atoms in total. The van der Waals surface area contributed by atoms with Gasteiger partial charge in [0, 0.05) is 0 Å². The molecule has 1 aromatic rings. The summed E-state index contributed by atoms with van der Waals surface area (Å²) in [7, 11) is -2.64. The van der Waals surface area contributed by atoms with Crippen LogP contribution in [0.25, 0.3) is 0 Å². The van der Waals surface area contributed by atoms with Crippen molar-refractivity contribution in [3.63, 3.8) is 0 Å². The normalized spacial score (nSPS) is 24.2. The largest absolute Gasteiger partial charge is 0.497 e. The van der Waals surface area contributed by atoms with Crippen molar-refractivity contribution in [1.29, 1.82) is 0 Å². The highest BCUT2D eigenvalue weighted by molar-refractivity contribution is 6.74. The molecule has 1 aromatic carbocycles. The third kappa shape index (κ3) is 8.13. The summed E-state index contributed by atoms with van der Waals surface area (Å²) in [6.45, 7) is 22.9. The van der Waals surface area contributed by atoms with Crippen LogP contribution in [0.2, 0.25) is 36.3 Å². The van der Waals surface area contributed by atoms with E-state index in [0.717, 1.165) is 11.3 Å². The number of rotatable bonds is 8. The molecule has 1 N–H and O–H groups in total. The van der Waals surface area contributed by atoms with Crippen LogP contribution in [0.3, 0.4) is 0 Å². The highest BCUT2D eigenvalue weighted by atomic mass is 28.4. The molecule has 0 spiro atoms. The fourth-order valence-electron chi connectivity index (χ4n) is 3.26. The number of aliphatic hydroxyl groups is 1. The van der Waals surface area contributed by atoms with Crippen molar-refractivity contribution >= 4 is 16.6 Å². The van der Waals surface area contributed by atoms with Gasteiger partial charge in [-0.2, -0.15) is 0 Å². The van der Waals surface area contributed by atoms with E-state index in [1.54, 1.807) is 19.3 Å². The molecule has 0 aliphatic heterocycles. The third-order valence-corrected chi connectivity index (χ3v) is 16.7. The van der Waals surface area contributed by atoms with Gasteiger partial charge in [-0.3, -0.25) is 0 Å². The number of ether oxygens (including phenoxy) is 2. The van der Waals surface area contributed by atoms with Gasteiger partial charge < -0.3 is 23.4 Å². The molecule has 1 aliphatic carbocycles. The standard InChI is InChI=1S/C28H48O5Si2/c1-27(2,3)34(8,9)32-25-19-15-22(29)14-18-24(26(25)33-35(10,11)28(4,5)6)31-20-21-12-16-23(30-7)17-13-21/h12-19,22,24-26,29H,20H2,1-11H3/t22-,24-,25-,26-/m1/s1. The molecule has 0 radical (unpaired) electrons. The Morgan fingerprint density at radius 2 is 1.23 bits per heavy atom. The van der Waals surface area contributed by atoms with Crippen molar-refractivity contribution < 1.29 is 23.4 Å². The van der Waals surface area contributed by atoms with E-state index in [-0.39, 0.29) is 28.4 Å². The van der Waals surface area contributed by atoms with Gasteiger partial charge in [-0.25, -0.2) is 0 Å². The number of aliphatic hydroxyl groups excluding tert-OH is 1. The summed E-state index contributed by atoms with van der Waals surface area (Å²) in [6.07, 6.45) is 5.78. The number of benzene rings is 1. The smallest absolute Gasteiger partial charge is 0.193 e. The van der Waals surface area contributed by atoms with E-state index in [0.29, 0.717) is 6.61 Å². The first kappa shape index (κ1) is 30.0. The molecule has 0 amide bonds. The summed E-state index contributed by atoms with van der Waals surface area (Å²) in [6, 6.07) is 7.89. The maximum absolute atomic E-state index is 10.5. The maximum atomic E-state index is 10.5. The minimum absolute atomic E-state index is 0.0321. The van der Waals surface area contributed by atoms with Crippen LogP contribution < -0.4 is 4.74 Å². The van der Waals surface area contributed by atoms with Gasteiger partial charge in [0.15, 0.2) is 16.6 Å². The highest BCUT2D eigenvalue weighted by Gasteiger charge is 2.46. The van der Waals surface area contributed by atoms with E-state index >= 15 is 0 Å². The summed E-state index contributed by atoms with van der Waals surface area (Å²) in [5, 5.41) is 10.6. The van der Waals surface area contributed by atoms with Crippen LogP contribution in [0.1, 0.15) is 47.1 Å². The van der Waals surface area contributed by atoms with Crippen LogP contribution in [-0.4, -0.2) is 53.3 Å². The van der Waals surface area contributed by atoms with Gasteiger partial charge in [0.05, 0.1) is 25.9 Å². The highest BCUT2D eigenvalue weighted by Crippen LogP contribution is 2.41. The van der Waals surface area contributed by atoms with Crippen molar-refractivity contribution in [2.24, 2.45) is 0 Å². The van der Waals surface area contributed by atoms with E-state index in [4.69, 9.17) is 18.3 Å². The minimum atomic E-state index is -2.17. The van der Waals surface area contributed by atoms with E-state index in [2.05, 4.69) is 67.7 Å². The maximum Gasteiger partial charge on any atom is 0.193 e. The molecule has 0 fully saturated rings. The van der Waals surface area contributed by atoms with E-state index in [1.165, 1.54) is 0 Å². The Bertz CT molecular complexity index is 863. The molecule has 7 heteroatoms. The van der Waals surface area contributed by atoms with Gasteiger partial charge in [0.2, 0.25) is 0 Å². The zero-order valence-corrected chi connectivity index (χ0v) is 25.7. The lowest BCUT2D eigenvalue weighted by molar-refractivity contribution is -0.0519. The first-order chi connectivity index (χ1) is 16.0. The van der Waals surface area contributed by atoms with Crippen LogP contribution in [0, 0.1) is 0 Å². The summed E-state index contributed by atoms with van der Waals surface area (Å²) < 4.78 is 25.7. The van der Waals surface area contributed by atoms with Gasteiger partial charge in [0.1, 0.15) is 18.0 Å². The lowest BCUT2D eigenvalue weighted by atomic mass is 10.0. The Morgan fingerprint density at radius 3 is 1.71 bits per heavy atom. The monoisotopic (exact) mass is 520 g/mol. The molecule has 0 aromatic heterocycles. The second-order valence-electron chi connectivity index (χ2n) is 12.6. The topological polar surface area (TPSA) is 57.2 Å². The predicted molar refractivity (Wildman–Crippen MR) is 150 cm³/mol. The first-order valence-electron chi connectivity index (χ1n) is 12.6. The van der Waals surface area contributed by atoms with Gasteiger partial charge in [-0.1, -0.05) is 78.0 Å². The molecule has 1 aliphatic rings. The van der Waals surface area contributed by atoms with Gasteiger partial charge in [-0.05, 0) is 54.0 Å². The fourth-order valence-corrected chi connectivity index (χ4v) is 5.80. The van der Waals surface area contributed by atoms with E-state index in [9.17, 15) is 5.11 Å². The zero-order valence-electron chi connectivity index (χ0n) is 23.7. The molecule has 0 heterocycles. The van der Waals surface area contributed by atoms with Crippen molar-refractivity contribution in [2.75, 3.05) is 7.11 Å². The summed E-state index contributed by atoms with van der Waals surface area (Å²) >= 11 is 0. The quantitative estimate of drug-likeness (QED) is 0.300. The van der Waals surface area contributed by atoms with Crippen LogP contribution in [-0.2, 0) is 20.2 Å². The van der Waals surface area contributed by atoms with Crippen molar-refractivity contribution in [3.05, 3.63) is 54.1 Å². The Balaban J connectivity index is 2.44. The van der Waals surface area contributed by atoms with E-state index in [1.807, 2.05) is 36.4 Å². The van der Waals surface area contributed by atoms with Gasteiger partial charge in [-0.15, -0.1) is 0 Å². The molecular formula is C28H48O5Si2. The van der Waals surface area contributed by atoms with Crippen LogP contribution in [0.4, 0.5) is 0 Å². The zero-order chi connectivity index (χ0) is 26.7. The van der Waals surface area contributed by atoms with Crippen molar-refractivity contribution in [1.82, 2.24) is 0 Å². The molecular weight excluding hydrogens is 472 g/mol. The Hall–Kier alpha value is -1.23. The molecule has 35 heavy (non-hydrogen) atoms. The molecule has 0 bridgehead atoms. The summed E-state index contributed by atoms with van der Waals surface area (Å²) in [5.74, 6) is 0.815. The van der Waals surface area contributed by atoms with E-state index < -0.39 is 22.7 Å². The number of methoxy groups -OCH3 is 1. The molecule has 0 saturated heterocycles. The van der Waals surface area contributed by atoms with Crippen molar-refractivity contribution in [3.8, 4) is 5.75 Å². The second kappa shape index (κ2) is 11.4. The van der Waals surface area contributed by atoms with Crippen LogP contribution in [0.5, 0.6) is 5.75 Å². The Morgan fingerprint density at radius 1 is 0.743 bits per heavy atom. The molecule has 2 rings (SSSR count). The summed E-state index contributed by atoms with van der Waals surface area (Å²) in [4.78, 5) is 0. The summed E-state index contributed by atoms with van der Waals surface area (Å²) in [5.41, 5.74) is 1.05. The molecule has 0 unspecified atom stereocenters. The molecule has 198 valence electrons. The Labute approximate surface area is 215 Å². The Kier molecular flexibility index (Phi) is 9.81.